The molecule has 0 aliphatic carbocycles. The van der Waals surface area contributed by atoms with Crippen molar-refractivity contribution in [3.63, 3.8) is 0 Å². The number of amides is 1. The molecule has 7 nitrogen and oxygen atoms in total. The van der Waals surface area contributed by atoms with Gasteiger partial charge in [0.2, 0.25) is 5.95 Å². The largest absolute Gasteiger partial charge is 0.351 e. The number of nitrogens with one attached hydrogen (secondary N) is 1. The molecule has 1 fully saturated rings. The molecule has 1 atom stereocenters. The van der Waals surface area contributed by atoms with Crippen LogP contribution in [0.5, 0.6) is 0 Å². The first-order chi connectivity index (χ1) is 10.9. The van der Waals surface area contributed by atoms with Crippen molar-refractivity contribution in [2.45, 2.75) is 26.3 Å². The highest BCUT2D eigenvalue weighted by Gasteiger charge is 2.34. The summed E-state index contributed by atoms with van der Waals surface area (Å²) in [5.41, 5.74) is 0.945. The molecule has 0 radical (unpaired) electrons. The normalized spacial score (nSPS) is 19.3. The van der Waals surface area contributed by atoms with E-state index < -0.39 is 9.84 Å². The molecule has 1 saturated heterocycles. The topological polar surface area (TPSA) is 92.3 Å². The maximum atomic E-state index is 12.7. The highest BCUT2D eigenvalue weighted by atomic mass is 32.2. The van der Waals surface area contributed by atoms with Gasteiger partial charge in [-0.15, -0.1) is 6.58 Å². The van der Waals surface area contributed by atoms with Crippen molar-refractivity contribution >= 4 is 21.7 Å². The zero-order chi connectivity index (χ0) is 17.0. The molecule has 1 aromatic rings. The van der Waals surface area contributed by atoms with Crippen molar-refractivity contribution < 1.29 is 13.2 Å². The molecule has 2 heterocycles. The molecule has 1 N–H and O–H groups in total. The Balaban J connectivity index is 2.23. The van der Waals surface area contributed by atoms with E-state index >= 15 is 0 Å². The predicted molar refractivity (Wildman–Crippen MR) is 89.2 cm³/mol. The Morgan fingerprint density at radius 3 is 2.83 bits per heavy atom. The molecule has 1 unspecified atom stereocenters. The summed E-state index contributed by atoms with van der Waals surface area (Å²) in [6.45, 7) is 8.18. The van der Waals surface area contributed by atoms with Crippen molar-refractivity contribution in [2.24, 2.45) is 0 Å². The highest BCUT2D eigenvalue weighted by molar-refractivity contribution is 7.91. The summed E-state index contributed by atoms with van der Waals surface area (Å²) in [6, 6.07) is 1.34. The second-order valence-corrected chi connectivity index (χ2v) is 7.76. The maximum Gasteiger partial charge on any atom is 0.272 e. The standard InChI is InChI=1S/C15H22N4O3S/c1-4-7-16-15-17-11(3)9-13(18-15)14(20)19(5-2)12-6-8-23(21,22)10-12/h4,9,12H,1,5-8,10H2,2-3H3,(H,16,17,18). The lowest BCUT2D eigenvalue weighted by Gasteiger charge is -2.26. The van der Waals surface area contributed by atoms with E-state index in [-0.39, 0.29) is 29.1 Å². The Labute approximate surface area is 136 Å². The summed E-state index contributed by atoms with van der Waals surface area (Å²) in [5.74, 6) is 0.263. The summed E-state index contributed by atoms with van der Waals surface area (Å²) in [7, 11) is -3.04. The van der Waals surface area contributed by atoms with Gasteiger partial charge in [0.25, 0.3) is 5.91 Å². The Kier molecular flexibility index (Phi) is 5.35. The van der Waals surface area contributed by atoms with E-state index in [2.05, 4.69) is 21.9 Å². The number of carbonyl (C=O) groups excluding carboxylic acids is 1. The van der Waals surface area contributed by atoms with Crippen LogP contribution < -0.4 is 5.32 Å². The lowest BCUT2D eigenvalue weighted by atomic mass is 10.2. The first-order valence-electron chi connectivity index (χ1n) is 7.58. The Morgan fingerprint density at radius 1 is 1.52 bits per heavy atom. The number of hydrogen-bond acceptors (Lipinski definition) is 6. The Hall–Kier alpha value is -1.96. The molecule has 0 aromatic carbocycles. The monoisotopic (exact) mass is 338 g/mol. The van der Waals surface area contributed by atoms with Gasteiger partial charge in [-0.05, 0) is 26.3 Å². The second kappa shape index (κ2) is 7.08. The van der Waals surface area contributed by atoms with Crippen molar-refractivity contribution in [1.29, 1.82) is 0 Å². The number of rotatable bonds is 6. The molecule has 0 saturated carbocycles. The van der Waals surface area contributed by atoms with Crippen molar-refractivity contribution in [2.75, 3.05) is 29.9 Å². The average molecular weight is 338 g/mol. The molecule has 1 aliphatic heterocycles. The number of nitrogens with zero attached hydrogens (tertiary/aromatic N) is 3. The fourth-order valence-corrected chi connectivity index (χ4v) is 4.39. The summed E-state index contributed by atoms with van der Waals surface area (Å²) in [4.78, 5) is 22.8. The lowest BCUT2D eigenvalue weighted by molar-refractivity contribution is 0.0702. The first kappa shape index (κ1) is 17.4. The van der Waals surface area contributed by atoms with Gasteiger partial charge in [0.05, 0.1) is 11.5 Å². The lowest BCUT2D eigenvalue weighted by Crippen LogP contribution is -2.41. The first-order valence-corrected chi connectivity index (χ1v) is 9.40. The molecule has 126 valence electrons. The fraction of sp³-hybridized carbons (Fsp3) is 0.533. The van der Waals surface area contributed by atoms with Crippen LogP contribution in [-0.2, 0) is 9.84 Å². The highest BCUT2D eigenvalue weighted by Crippen LogP contribution is 2.20. The smallest absolute Gasteiger partial charge is 0.272 e. The van der Waals surface area contributed by atoms with Crippen LogP contribution in [0, 0.1) is 6.92 Å². The maximum absolute atomic E-state index is 12.7. The third-order valence-electron chi connectivity index (χ3n) is 3.73. The summed E-state index contributed by atoms with van der Waals surface area (Å²) < 4.78 is 23.3. The molecule has 1 aromatic heterocycles. The van der Waals surface area contributed by atoms with Gasteiger partial charge < -0.3 is 10.2 Å². The third-order valence-corrected chi connectivity index (χ3v) is 5.48. The van der Waals surface area contributed by atoms with E-state index in [0.717, 1.165) is 0 Å². The minimum atomic E-state index is -3.04. The van der Waals surface area contributed by atoms with Crippen LogP contribution in [0.4, 0.5) is 5.95 Å². The van der Waals surface area contributed by atoms with Gasteiger partial charge in [-0.2, -0.15) is 0 Å². The molecule has 0 bridgehead atoms. The summed E-state index contributed by atoms with van der Waals surface area (Å²) >= 11 is 0. The average Bonchev–Trinajstić information content (AvgIpc) is 2.85. The van der Waals surface area contributed by atoms with Crippen LogP contribution in [0.25, 0.3) is 0 Å². The van der Waals surface area contributed by atoms with E-state index in [1.807, 2.05) is 6.92 Å². The minimum Gasteiger partial charge on any atom is -0.351 e. The summed E-state index contributed by atoms with van der Waals surface area (Å²) in [5, 5.41) is 2.96. The molecule has 2 rings (SSSR count). The molecule has 0 spiro atoms. The van der Waals surface area contributed by atoms with E-state index in [1.165, 1.54) is 0 Å². The molecular formula is C15H22N4O3S. The molecule has 8 heteroatoms. The van der Waals surface area contributed by atoms with Gasteiger partial charge in [-0.25, -0.2) is 18.4 Å². The fourth-order valence-electron chi connectivity index (χ4n) is 2.66. The number of hydrogen-bond donors (Lipinski definition) is 1. The van der Waals surface area contributed by atoms with E-state index in [0.29, 0.717) is 31.2 Å². The number of aromatic nitrogens is 2. The van der Waals surface area contributed by atoms with Crippen LogP contribution in [0.15, 0.2) is 18.7 Å². The Morgan fingerprint density at radius 2 is 2.26 bits per heavy atom. The number of aryl methyl sites for hydroxylation is 1. The van der Waals surface area contributed by atoms with Gasteiger partial charge in [0, 0.05) is 24.8 Å². The minimum absolute atomic E-state index is 0.0260. The van der Waals surface area contributed by atoms with Gasteiger partial charge >= 0.3 is 0 Å². The number of carbonyl (C=O) groups is 1. The second-order valence-electron chi connectivity index (χ2n) is 5.54. The van der Waals surface area contributed by atoms with Crippen LogP contribution in [0.2, 0.25) is 0 Å². The zero-order valence-corrected chi connectivity index (χ0v) is 14.3. The van der Waals surface area contributed by atoms with Crippen LogP contribution in [-0.4, -0.2) is 59.8 Å². The third kappa shape index (κ3) is 4.28. The van der Waals surface area contributed by atoms with Gasteiger partial charge in [0.1, 0.15) is 5.69 Å². The number of anilines is 1. The van der Waals surface area contributed by atoms with E-state index in [1.54, 1.807) is 24.0 Å². The molecule has 1 amide bonds. The van der Waals surface area contributed by atoms with Gasteiger partial charge in [-0.3, -0.25) is 4.79 Å². The Bertz CT molecular complexity index is 703. The van der Waals surface area contributed by atoms with Crippen LogP contribution in [0.1, 0.15) is 29.5 Å². The molecule has 1 aliphatic rings. The molecular weight excluding hydrogens is 316 g/mol. The summed E-state index contributed by atoms with van der Waals surface area (Å²) in [6.07, 6.45) is 2.16. The van der Waals surface area contributed by atoms with Crippen LogP contribution in [0.3, 0.4) is 0 Å². The van der Waals surface area contributed by atoms with Crippen molar-refractivity contribution in [3.05, 3.63) is 30.1 Å². The van der Waals surface area contributed by atoms with Crippen LogP contribution >= 0.6 is 0 Å². The predicted octanol–water partition coefficient (Wildman–Crippen LogP) is 1.03. The molecule has 23 heavy (non-hydrogen) atoms. The van der Waals surface area contributed by atoms with E-state index in [4.69, 9.17) is 0 Å². The van der Waals surface area contributed by atoms with Crippen molar-refractivity contribution in [3.8, 4) is 0 Å². The van der Waals surface area contributed by atoms with Gasteiger partial charge in [-0.1, -0.05) is 6.08 Å². The number of sulfone groups is 1. The van der Waals surface area contributed by atoms with Gasteiger partial charge in [0.15, 0.2) is 9.84 Å². The quantitative estimate of drug-likeness (QED) is 0.779. The SMILES string of the molecule is C=CCNc1nc(C)cc(C(=O)N(CC)C2CCS(=O)(=O)C2)n1. The van der Waals surface area contributed by atoms with Crippen molar-refractivity contribution in [1.82, 2.24) is 14.9 Å². The van der Waals surface area contributed by atoms with E-state index in [9.17, 15) is 13.2 Å². The zero-order valence-electron chi connectivity index (χ0n) is 13.4.